The molecule has 0 spiro atoms. The fourth-order valence-corrected chi connectivity index (χ4v) is 4.96. The van der Waals surface area contributed by atoms with Crippen molar-refractivity contribution in [2.75, 3.05) is 25.1 Å². The molecule has 144 valence electrons. The number of hydrazine groups is 1. The Labute approximate surface area is 160 Å². The predicted molar refractivity (Wildman–Crippen MR) is 106 cm³/mol. The minimum Gasteiger partial charge on any atom is -0.288 e. The molecule has 6 nitrogen and oxygen atoms in total. The summed E-state index contributed by atoms with van der Waals surface area (Å²) in [6.07, 6.45) is 2.81. The molecular formula is C20H25N3O3S. The molecule has 1 amide bonds. The van der Waals surface area contributed by atoms with E-state index in [1.807, 2.05) is 30.3 Å². The van der Waals surface area contributed by atoms with Gasteiger partial charge in [0.15, 0.2) is 0 Å². The van der Waals surface area contributed by atoms with E-state index in [-0.39, 0.29) is 10.8 Å². The number of rotatable bonds is 5. The lowest BCUT2D eigenvalue weighted by Crippen LogP contribution is -2.39. The first-order valence-electron chi connectivity index (χ1n) is 9.10. The van der Waals surface area contributed by atoms with E-state index in [1.165, 1.54) is 10.4 Å². The van der Waals surface area contributed by atoms with Crippen LogP contribution in [0.2, 0.25) is 0 Å². The number of para-hydroxylation sites is 1. The summed E-state index contributed by atoms with van der Waals surface area (Å²) in [4.78, 5) is 12.8. The van der Waals surface area contributed by atoms with E-state index in [2.05, 4.69) is 5.43 Å². The number of anilines is 1. The number of amides is 1. The number of piperidine rings is 1. The number of nitrogens with zero attached hydrogens (tertiary/aromatic N) is 2. The minimum atomic E-state index is -3.59. The first-order valence-corrected chi connectivity index (χ1v) is 10.5. The topological polar surface area (TPSA) is 69.7 Å². The highest BCUT2D eigenvalue weighted by Crippen LogP contribution is 2.24. The van der Waals surface area contributed by atoms with Crippen LogP contribution in [-0.2, 0) is 10.0 Å². The first kappa shape index (κ1) is 19.4. The van der Waals surface area contributed by atoms with Crippen LogP contribution in [0.1, 0.15) is 35.2 Å². The summed E-state index contributed by atoms with van der Waals surface area (Å²) in [5.74, 6) is -0.351. The number of carbonyl (C=O) groups is 1. The summed E-state index contributed by atoms with van der Waals surface area (Å²) < 4.78 is 27.5. The highest BCUT2D eigenvalue weighted by atomic mass is 32.2. The number of sulfonamides is 1. The molecule has 0 radical (unpaired) electrons. The van der Waals surface area contributed by atoms with E-state index < -0.39 is 10.0 Å². The third kappa shape index (κ3) is 4.31. The highest BCUT2D eigenvalue weighted by molar-refractivity contribution is 7.89. The van der Waals surface area contributed by atoms with Gasteiger partial charge in [-0.05, 0) is 49.6 Å². The third-order valence-electron chi connectivity index (χ3n) is 4.80. The molecule has 1 N–H and O–H groups in total. The predicted octanol–water partition coefficient (Wildman–Crippen LogP) is 2.95. The molecule has 27 heavy (non-hydrogen) atoms. The Morgan fingerprint density at radius 2 is 1.70 bits per heavy atom. The van der Waals surface area contributed by atoms with Gasteiger partial charge in [0, 0.05) is 25.7 Å². The molecule has 1 saturated heterocycles. The second-order valence-electron chi connectivity index (χ2n) is 6.78. The molecule has 2 aromatic rings. The van der Waals surface area contributed by atoms with E-state index in [1.54, 1.807) is 31.1 Å². The zero-order valence-corrected chi connectivity index (χ0v) is 16.5. The van der Waals surface area contributed by atoms with Crippen LogP contribution >= 0.6 is 0 Å². The van der Waals surface area contributed by atoms with Crippen molar-refractivity contribution in [2.24, 2.45) is 0 Å². The number of nitrogens with one attached hydrogen (secondary N) is 1. The fourth-order valence-electron chi connectivity index (χ4n) is 3.20. The maximum absolute atomic E-state index is 13.0. The Kier molecular flexibility index (Phi) is 5.82. The van der Waals surface area contributed by atoms with E-state index in [0.717, 1.165) is 24.9 Å². The number of benzene rings is 2. The van der Waals surface area contributed by atoms with Crippen LogP contribution < -0.4 is 10.4 Å². The molecule has 0 aromatic heterocycles. The quantitative estimate of drug-likeness (QED) is 0.801. The Hall–Kier alpha value is -2.38. The minimum absolute atomic E-state index is 0.208. The fraction of sp³-hybridized carbons (Fsp3) is 0.350. The molecule has 1 aliphatic heterocycles. The summed E-state index contributed by atoms with van der Waals surface area (Å²) in [6, 6.07) is 14.2. The second kappa shape index (κ2) is 8.10. The summed E-state index contributed by atoms with van der Waals surface area (Å²) in [6.45, 7) is 2.83. The van der Waals surface area contributed by atoms with Gasteiger partial charge >= 0.3 is 0 Å². The van der Waals surface area contributed by atoms with E-state index in [9.17, 15) is 13.2 Å². The van der Waals surface area contributed by atoms with E-state index >= 15 is 0 Å². The monoisotopic (exact) mass is 387 g/mol. The van der Waals surface area contributed by atoms with Crippen molar-refractivity contribution in [1.29, 1.82) is 0 Å². The lowest BCUT2D eigenvalue weighted by Gasteiger charge is -2.27. The van der Waals surface area contributed by atoms with Crippen LogP contribution in [0.3, 0.4) is 0 Å². The normalized spacial score (nSPS) is 15.3. The van der Waals surface area contributed by atoms with Gasteiger partial charge in [-0.2, -0.15) is 4.31 Å². The van der Waals surface area contributed by atoms with Crippen LogP contribution in [0, 0.1) is 6.92 Å². The van der Waals surface area contributed by atoms with Crippen molar-refractivity contribution in [2.45, 2.75) is 31.1 Å². The molecule has 1 fully saturated rings. The molecule has 2 aromatic carbocycles. The van der Waals surface area contributed by atoms with E-state index in [4.69, 9.17) is 0 Å². The van der Waals surface area contributed by atoms with Gasteiger partial charge in [0.2, 0.25) is 10.0 Å². The largest absolute Gasteiger partial charge is 0.288 e. The van der Waals surface area contributed by atoms with Crippen LogP contribution in [0.15, 0.2) is 53.4 Å². The molecule has 0 atom stereocenters. The molecule has 7 heteroatoms. The van der Waals surface area contributed by atoms with Crippen LogP contribution in [0.25, 0.3) is 0 Å². The molecule has 3 rings (SSSR count). The third-order valence-corrected chi connectivity index (χ3v) is 6.84. The van der Waals surface area contributed by atoms with Gasteiger partial charge in [-0.25, -0.2) is 8.42 Å². The zero-order valence-electron chi connectivity index (χ0n) is 15.7. The zero-order chi connectivity index (χ0) is 19.4. The maximum atomic E-state index is 13.0. The van der Waals surface area contributed by atoms with Crippen molar-refractivity contribution in [1.82, 2.24) is 9.73 Å². The maximum Gasteiger partial charge on any atom is 0.269 e. The Morgan fingerprint density at radius 3 is 2.37 bits per heavy atom. The number of hydrogen-bond donors (Lipinski definition) is 1. The standard InChI is InChI=1S/C20H25N3O3S/c1-16-11-12-17(20(24)21-22(2)18-9-5-3-6-10-18)15-19(16)27(25,26)23-13-7-4-8-14-23/h3,5-6,9-12,15H,4,7-8,13-14H2,1-2H3,(H,21,24). The highest BCUT2D eigenvalue weighted by Gasteiger charge is 2.28. The van der Waals surface area contributed by atoms with Crippen molar-refractivity contribution in [3.8, 4) is 0 Å². The van der Waals surface area contributed by atoms with Gasteiger partial charge in [-0.15, -0.1) is 0 Å². The van der Waals surface area contributed by atoms with Gasteiger partial charge in [0.25, 0.3) is 5.91 Å². The van der Waals surface area contributed by atoms with Crippen LogP contribution in [0.5, 0.6) is 0 Å². The Morgan fingerprint density at radius 1 is 1.04 bits per heavy atom. The average Bonchev–Trinajstić information content (AvgIpc) is 2.69. The molecule has 1 aliphatic rings. The smallest absolute Gasteiger partial charge is 0.269 e. The molecule has 0 unspecified atom stereocenters. The molecule has 0 saturated carbocycles. The average molecular weight is 388 g/mol. The van der Waals surface area contributed by atoms with Crippen molar-refractivity contribution < 1.29 is 13.2 Å². The molecular weight excluding hydrogens is 362 g/mol. The lowest BCUT2D eigenvalue weighted by molar-refractivity contribution is 0.0951. The Bertz CT molecular complexity index is 907. The van der Waals surface area contributed by atoms with Crippen LogP contribution in [-0.4, -0.2) is 38.8 Å². The van der Waals surface area contributed by atoms with Crippen molar-refractivity contribution in [3.63, 3.8) is 0 Å². The molecule has 0 bridgehead atoms. The molecule has 1 heterocycles. The second-order valence-corrected chi connectivity index (χ2v) is 8.69. The SMILES string of the molecule is Cc1ccc(C(=O)NN(C)c2ccccc2)cc1S(=O)(=O)N1CCCCC1. The summed E-state index contributed by atoms with van der Waals surface area (Å²) in [5.41, 5.74) is 4.57. The van der Waals surface area contributed by atoms with Gasteiger partial charge in [0.05, 0.1) is 10.6 Å². The summed E-state index contributed by atoms with van der Waals surface area (Å²) in [5, 5.41) is 1.61. The van der Waals surface area contributed by atoms with Gasteiger partial charge in [0.1, 0.15) is 0 Å². The summed E-state index contributed by atoms with van der Waals surface area (Å²) >= 11 is 0. The Balaban J connectivity index is 1.83. The van der Waals surface area contributed by atoms with E-state index in [0.29, 0.717) is 24.2 Å². The van der Waals surface area contributed by atoms with Gasteiger partial charge < -0.3 is 0 Å². The number of aryl methyl sites for hydroxylation is 1. The van der Waals surface area contributed by atoms with Crippen molar-refractivity contribution in [3.05, 3.63) is 59.7 Å². The van der Waals surface area contributed by atoms with Gasteiger partial charge in [-0.1, -0.05) is 30.7 Å². The number of hydrogen-bond acceptors (Lipinski definition) is 4. The summed E-state index contributed by atoms with van der Waals surface area (Å²) in [7, 11) is -1.85. The lowest BCUT2D eigenvalue weighted by atomic mass is 10.1. The molecule has 0 aliphatic carbocycles. The van der Waals surface area contributed by atoms with Crippen molar-refractivity contribution >= 4 is 21.6 Å². The van der Waals surface area contributed by atoms with Gasteiger partial charge in [-0.3, -0.25) is 15.2 Å². The van der Waals surface area contributed by atoms with Crippen LogP contribution in [0.4, 0.5) is 5.69 Å². The number of carbonyl (C=O) groups excluding carboxylic acids is 1. The first-order chi connectivity index (χ1) is 12.9.